The summed E-state index contributed by atoms with van der Waals surface area (Å²) in [5.41, 5.74) is 3.93. The number of hydrogen-bond acceptors (Lipinski definition) is 3. The first-order chi connectivity index (χ1) is 11.0. The molecule has 0 aliphatic heterocycles. The number of ketones is 1. The third-order valence-electron chi connectivity index (χ3n) is 4.82. The van der Waals surface area contributed by atoms with Gasteiger partial charge in [0, 0.05) is 18.4 Å². The number of rotatable bonds is 6. The number of methoxy groups -OCH3 is 1. The van der Waals surface area contributed by atoms with Crippen molar-refractivity contribution in [3.63, 3.8) is 0 Å². The largest absolute Gasteiger partial charge is 0.453 e. The van der Waals surface area contributed by atoms with Crippen molar-refractivity contribution in [1.29, 1.82) is 0 Å². The van der Waals surface area contributed by atoms with Gasteiger partial charge < -0.3 is 10.1 Å². The van der Waals surface area contributed by atoms with Gasteiger partial charge in [-0.2, -0.15) is 0 Å². The molecule has 0 aromatic heterocycles. The highest BCUT2D eigenvalue weighted by Crippen LogP contribution is 2.30. The van der Waals surface area contributed by atoms with E-state index in [-0.39, 0.29) is 12.0 Å². The maximum absolute atomic E-state index is 11.6. The van der Waals surface area contributed by atoms with Crippen molar-refractivity contribution in [2.45, 2.75) is 51.9 Å². The number of carbonyl (C=O) groups is 2. The number of aryl methyl sites for hydroxylation is 1. The normalized spacial score (nSPS) is 18.0. The molecule has 1 aromatic rings. The van der Waals surface area contributed by atoms with Gasteiger partial charge in [0.05, 0.1) is 7.11 Å². The zero-order chi connectivity index (χ0) is 16.8. The summed E-state index contributed by atoms with van der Waals surface area (Å²) in [4.78, 5) is 22.9. The van der Waals surface area contributed by atoms with Gasteiger partial charge in [-0.25, -0.2) is 4.79 Å². The fourth-order valence-electron chi connectivity index (χ4n) is 3.39. The number of nitrogens with one attached hydrogen (secondary N) is 1. The van der Waals surface area contributed by atoms with Gasteiger partial charge in [-0.1, -0.05) is 31.5 Å². The Kier molecular flexibility index (Phi) is 6.20. The van der Waals surface area contributed by atoms with Crippen LogP contribution in [0.25, 0.3) is 0 Å². The minimum absolute atomic E-state index is 0.181. The predicted octanol–water partition coefficient (Wildman–Crippen LogP) is 3.62. The Bertz CT molecular complexity index is 568. The van der Waals surface area contributed by atoms with E-state index < -0.39 is 0 Å². The highest BCUT2D eigenvalue weighted by atomic mass is 16.5. The molecule has 0 radical (unpaired) electrons. The van der Waals surface area contributed by atoms with Crippen LogP contribution in [0, 0.1) is 5.92 Å². The molecular formula is C19H27NO3. The molecule has 0 spiro atoms. The quantitative estimate of drug-likeness (QED) is 0.872. The number of ether oxygens (including phenoxy) is 1. The SMILES string of the molecule is CCCC(CNC(=O)OC)c1ccc2c(c1)CCC(C(C)=O)C2. The summed E-state index contributed by atoms with van der Waals surface area (Å²) in [5, 5.41) is 2.81. The van der Waals surface area contributed by atoms with Crippen LogP contribution in [-0.4, -0.2) is 25.5 Å². The van der Waals surface area contributed by atoms with Crippen molar-refractivity contribution in [3.8, 4) is 0 Å². The minimum Gasteiger partial charge on any atom is -0.453 e. The lowest BCUT2D eigenvalue weighted by atomic mass is 9.80. The average Bonchev–Trinajstić information content (AvgIpc) is 2.57. The Hall–Kier alpha value is -1.84. The summed E-state index contributed by atoms with van der Waals surface area (Å²) in [7, 11) is 1.38. The number of hydrogen-bond donors (Lipinski definition) is 1. The van der Waals surface area contributed by atoms with E-state index in [0.717, 1.165) is 32.1 Å². The Morgan fingerprint density at radius 2 is 2.13 bits per heavy atom. The molecule has 0 bridgehead atoms. The Morgan fingerprint density at radius 3 is 2.78 bits per heavy atom. The zero-order valence-electron chi connectivity index (χ0n) is 14.4. The second kappa shape index (κ2) is 8.14. The van der Waals surface area contributed by atoms with Gasteiger partial charge in [0.1, 0.15) is 5.78 Å². The van der Waals surface area contributed by atoms with Crippen molar-refractivity contribution in [2.24, 2.45) is 5.92 Å². The third kappa shape index (κ3) is 4.57. The number of fused-ring (bicyclic) bond motifs is 1. The summed E-state index contributed by atoms with van der Waals surface area (Å²) >= 11 is 0. The van der Waals surface area contributed by atoms with E-state index in [1.54, 1.807) is 6.92 Å². The molecule has 1 N–H and O–H groups in total. The number of amides is 1. The van der Waals surface area contributed by atoms with Gasteiger partial charge in [0.15, 0.2) is 0 Å². The highest BCUT2D eigenvalue weighted by Gasteiger charge is 2.23. The lowest BCUT2D eigenvalue weighted by Gasteiger charge is -2.25. The van der Waals surface area contributed by atoms with Gasteiger partial charge in [-0.15, -0.1) is 0 Å². The molecule has 2 rings (SSSR count). The monoisotopic (exact) mass is 317 g/mol. The van der Waals surface area contributed by atoms with E-state index in [0.29, 0.717) is 18.2 Å². The molecule has 4 nitrogen and oxygen atoms in total. The van der Waals surface area contributed by atoms with Crippen LogP contribution in [0.15, 0.2) is 18.2 Å². The van der Waals surface area contributed by atoms with Gasteiger partial charge >= 0.3 is 6.09 Å². The number of benzene rings is 1. The minimum atomic E-state index is -0.381. The Balaban J connectivity index is 2.12. The molecule has 1 aromatic carbocycles. The molecule has 0 fully saturated rings. The number of alkyl carbamates (subject to hydrolysis) is 1. The van der Waals surface area contributed by atoms with Crippen molar-refractivity contribution in [3.05, 3.63) is 34.9 Å². The van der Waals surface area contributed by atoms with Crippen LogP contribution in [-0.2, 0) is 22.4 Å². The van der Waals surface area contributed by atoms with E-state index in [1.807, 2.05) is 0 Å². The molecular weight excluding hydrogens is 290 g/mol. The first kappa shape index (κ1) is 17.5. The van der Waals surface area contributed by atoms with Gasteiger partial charge in [0.2, 0.25) is 0 Å². The van der Waals surface area contributed by atoms with E-state index in [9.17, 15) is 9.59 Å². The molecule has 1 aliphatic carbocycles. The van der Waals surface area contributed by atoms with Gasteiger partial charge in [-0.3, -0.25) is 4.79 Å². The second-order valence-corrected chi connectivity index (χ2v) is 6.44. The number of carbonyl (C=O) groups excluding carboxylic acids is 2. The zero-order valence-corrected chi connectivity index (χ0v) is 14.4. The van der Waals surface area contributed by atoms with Crippen LogP contribution in [0.4, 0.5) is 4.79 Å². The molecule has 0 saturated heterocycles. The predicted molar refractivity (Wildman–Crippen MR) is 90.7 cm³/mol. The maximum atomic E-state index is 11.6. The summed E-state index contributed by atoms with van der Waals surface area (Å²) in [5.74, 6) is 0.779. The van der Waals surface area contributed by atoms with Crippen LogP contribution in [0.1, 0.15) is 55.7 Å². The van der Waals surface area contributed by atoms with Gasteiger partial charge in [-0.05, 0) is 49.3 Å². The lowest BCUT2D eigenvalue weighted by molar-refractivity contribution is -0.121. The van der Waals surface area contributed by atoms with Crippen LogP contribution < -0.4 is 5.32 Å². The summed E-state index contributed by atoms with van der Waals surface area (Å²) in [6, 6.07) is 6.59. The molecule has 0 saturated carbocycles. The third-order valence-corrected chi connectivity index (χ3v) is 4.82. The molecule has 126 valence electrons. The molecule has 0 heterocycles. The van der Waals surface area contributed by atoms with Crippen molar-refractivity contribution in [2.75, 3.05) is 13.7 Å². The molecule has 1 aliphatic rings. The van der Waals surface area contributed by atoms with E-state index >= 15 is 0 Å². The van der Waals surface area contributed by atoms with E-state index in [1.165, 1.54) is 23.8 Å². The van der Waals surface area contributed by atoms with Crippen LogP contribution >= 0.6 is 0 Å². The second-order valence-electron chi connectivity index (χ2n) is 6.44. The van der Waals surface area contributed by atoms with Gasteiger partial charge in [0.25, 0.3) is 0 Å². The summed E-state index contributed by atoms with van der Waals surface area (Å²) < 4.78 is 4.66. The Morgan fingerprint density at radius 1 is 1.35 bits per heavy atom. The standard InChI is InChI=1S/C19H27NO3/c1-4-5-18(12-20-19(22)23-3)17-9-8-15-10-14(13(2)21)6-7-16(15)11-17/h8-9,11,14,18H,4-7,10,12H2,1-3H3,(H,20,22). The Labute approximate surface area is 138 Å². The van der Waals surface area contributed by atoms with Crippen molar-refractivity contribution >= 4 is 11.9 Å². The smallest absolute Gasteiger partial charge is 0.406 e. The highest BCUT2D eigenvalue weighted by molar-refractivity contribution is 5.79. The molecule has 2 atom stereocenters. The van der Waals surface area contributed by atoms with E-state index in [4.69, 9.17) is 0 Å². The number of Topliss-reactive ketones (excluding diaryl/α,β-unsaturated/α-hetero) is 1. The molecule has 1 amide bonds. The summed E-state index contributed by atoms with van der Waals surface area (Å²) in [6.45, 7) is 4.44. The molecule has 2 unspecified atom stereocenters. The van der Waals surface area contributed by atoms with Crippen molar-refractivity contribution in [1.82, 2.24) is 5.32 Å². The maximum Gasteiger partial charge on any atom is 0.406 e. The van der Waals surface area contributed by atoms with E-state index in [2.05, 4.69) is 35.2 Å². The summed E-state index contributed by atoms with van der Waals surface area (Å²) in [6.07, 6.45) is 4.49. The van der Waals surface area contributed by atoms with Crippen LogP contribution in [0.5, 0.6) is 0 Å². The first-order valence-electron chi connectivity index (χ1n) is 8.49. The lowest BCUT2D eigenvalue weighted by Crippen LogP contribution is -2.28. The van der Waals surface area contributed by atoms with Crippen molar-refractivity contribution < 1.29 is 14.3 Å². The fourth-order valence-corrected chi connectivity index (χ4v) is 3.39. The fraction of sp³-hybridized carbons (Fsp3) is 0.579. The first-order valence-corrected chi connectivity index (χ1v) is 8.49. The van der Waals surface area contributed by atoms with Crippen LogP contribution in [0.2, 0.25) is 0 Å². The van der Waals surface area contributed by atoms with Crippen LogP contribution in [0.3, 0.4) is 0 Å². The average molecular weight is 317 g/mol. The topological polar surface area (TPSA) is 55.4 Å². The molecule has 4 heteroatoms. The molecule has 23 heavy (non-hydrogen) atoms.